The normalized spacial score (nSPS) is 9.56. The highest BCUT2D eigenvalue weighted by atomic mass is 127. The highest BCUT2D eigenvalue weighted by Gasteiger charge is 1.88. The highest BCUT2D eigenvalue weighted by molar-refractivity contribution is 14.2. The van der Waals surface area contributed by atoms with Gasteiger partial charge >= 0.3 is 0 Å². The van der Waals surface area contributed by atoms with Gasteiger partial charge in [-0.3, -0.25) is 0 Å². The summed E-state index contributed by atoms with van der Waals surface area (Å²) in [7, 11) is 1.64. The van der Waals surface area contributed by atoms with Crippen LogP contribution in [0.1, 0.15) is 5.56 Å². The third kappa shape index (κ3) is 2.14. The van der Waals surface area contributed by atoms with Crippen molar-refractivity contribution in [1.82, 2.24) is 4.98 Å². The SMILES string of the molecule is Cc1ccc(SI)nc1. The first-order valence-electron chi connectivity index (χ1n) is 2.54. The van der Waals surface area contributed by atoms with E-state index in [1.54, 1.807) is 8.93 Å². The van der Waals surface area contributed by atoms with Gasteiger partial charge in [0, 0.05) is 27.4 Å². The van der Waals surface area contributed by atoms with Crippen molar-refractivity contribution in [2.24, 2.45) is 0 Å². The lowest BCUT2D eigenvalue weighted by Gasteiger charge is -1.91. The Morgan fingerprint density at radius 1 is 1.56 bits per heavy atom. The minimum Gasteiger partial charge on any atom is -0.249 e. The predicted octanol–water partition coefficient (Wildman–Crippen LogP) is 2.83. The van der Waals surface area contributed by atoms with Crippen molar-refractivity contribution >= 4 is 30.1 Å². The molecule has 0 aliphatic heterocycles. The largest absolute Gasteiger partial charge is 0.249 e. The molecular weight excluding hydrogens is 245 g/mol. The fraction of sp³-hybridized carbons (Fsp3) is 0.167. The highest BCUT2D eigenvalue weighted by Crippen LogP contribution is 2.21. The molecule has 9 heavy (non-hydrogen) atoms. The van der Waals surface area contributed by atoms with Crippen LogP contribution in [-0.2, 0) is 0 Å². The molecule has 0 fully saturated rings. The summed E-state index contributed by atoms with van der Waals surface area (Å²) in [5.41, 5.74) is 1.21. The van der Waals surface area contributed by atoms with Gasteiger partial charge in [0.2, 0.25) is 0 Å². The monoisotopic (exact) mass is 251 g/mol. The molecule has 0 spiro atoms. The van der Waals surface area contributed by atoms with Crippen LogP contribution >= 0.6 is 30.1 Å². The van der Waals surface area contributed by atoms with Gasteiger partial charge in [0.25, 0.3) is 0 Å². The topological polar surface area (TPSA) is 12.9 Å². The maximum absolute atomic E-state index is 4.15. The van der Waals surface area contributed by atoms with Gasteiger partial charge < -0.3 is 0 Å². The minimum absolute atomic E-state index is 1.07. The van der Waals surface area contributed by atoms with Crippen molar-refractivity contribution < 1.29 is 0 Å². The fourth-order valence-corrected chi connectivity index (χ4v) is 1.49. The number of rotatable bonds is 1. The van der Waals surface area contributed by atoms with Crippen LogP contribution in [0.2, 0.25) is 0 Å². The quantitative estimate of drug-likeness (QED) is 0.712. The van der Waals surface area contributed by atoms with Crippen molar-refractivity contribution in [3.05, 3.63) is 23.9 Å². The molecule has 0 saturated heterocycles. The first-order chi connectivity index (χ1) is 4.33. The van der Waals surface area contributed by atoms with E-state index in [0.29, 0.717) is 0 Å². The summed E-state index contributed by atoms with van der Waals surface area (Å²) in [6.45, 7) is 2.04. The Kier molecular flexibility index (Phi) is 2.78. The summed E-state index contributed by atoms with van der Waals surface area (Å²) in [5.74, 6) is 0. The Morgan fingerprint density at radius 2 is 2.33 bits per heavy atom. The molecule has 1 nitrogen and oxygen atoms in total. The van der Waals surface area contributed by atoms with E-state index in [0.717, 1.165) is 5.03 Å². The number of nitrogens with zero attached hydrogens (tertiary/aromatic N) is 1. The fourth-order valence-electron chi connectivity index (χ4n) is 0.500. The van der Waals surface area contributed by atoms with Crippen molar-refractivity contribution in [2.75, 3.05) is 0 Å². The zero-order chi connectivity index (χ0) is 6.69. The standard InChI is InChI=1S/C6H6INS/c1-5-2-3-6(9-7)8-4-5/h2-4H,1H3. The maximum atomic E-state index is 4.15. The van der Waals surface area contributed by atoms with Gasteiger partial charge in [0.1, 0.15) is 5.03 Å². The average molecular weight is 251 g/mol. The van der Waals surface area contributed by atoms with E-state index in [1.165, 1.54) is 5.56 Å². The predicted molar refractivity (Wildman–Crippen MR) is 48.9 cm³/mol. The lowest BCUT2D eigenvalue weighted by atomic mass is 10.3. The summed E-state index contributed by atoms with van der Waals surface area (Å²) >= 11 is 2.22. The maximum Gasteiger partial charge on any atom is 0.106 e. The molecule has 0 bridgehead atoms. The van der Waals surface area contributed by atoms with Crippen LogP contribution in [0.15, 0.2) is 23.4 Å². The van der Waals surface area contributed by atoms with Crippen molar-refractivity contribution in [1.29, 1.82) is 0 Å². The number of aromatic nitrogens is 1. The molecule has 1 aromatic rings. The Balaban J connectivity index is 2.88. The van der Waals surface area contributed by atoms with Crippen molar-refractivity contribution in [3.8, 4) is 0 Å². The molecule has 1 rings (SSSR count). The second kappa shape index (κ2) is 3.41. The van der Waals surface area contributed by atoms with Crippen molar-refractivity contribution in [2.45, 2.75) is 11.9 Å². The van der Waals surface area contributed by atoms with E-state index in [9.17, 15) is 0 Å². The van der Waals surface area contributed by atoms with Gasteiger partial charge in [0.05, 0.1) is 0 Å². The van der Waals surface area contributed by atoms with Crippen LogP contribution in [0.25, 0.3) is 0 Å². The summed E-state index contributed by atoms with van der Waals surface area (Å²) in [5, 5.41) is 1.07. The molecule has 3 heteroatoms. The van der Waals surface area contributed by atoms with Crippen LogP contribution in [0.5, 0.6) is 0 Å². The summed E-state index contributed by atoms with van der Waals surface area (Å²) in [4.78, 5) is 4.15. The summed E-state index contributed by atoms with van der Waals surface area (Å²) in [6, 6.07) is 4.08. The minimum atomic E-state index is 1.07. The molecular formula is C6H6INS. The van der Waals surface area contributed by atoms with E-state index >= 15 is 0 Å². The smallest absolute Gasteiger partial charge is 0.106 e. The zero-order valence-corrected chi connectivity index (χ0v) is 7.94. The number of hydrogen-bond acceptors (Lipinski definition) is 2. The zero-order valence-electron chi connectivity index (χ0n) is 4.97. The third-order valence-corrected chi connectivity index (χ3v) is 2.72. The van der Waals surface area contributed by atoms with Gasteiger partial charge in [-0.05, 0) is 27.5 Å². The third-order valence-electron chi connectivity index (χ3n) is 0.963. The lowest BCUT2D eigenvalue weighted by molar-refractivity contribution is 1.12. The molecule has 0 N–H and O–H groups in total. The van der Waals surface area contributed by atoms with Crippen LogP contribution in [0.4, 0.5) is 0 Å². The molecule has 1 aromatic heterocycles. The molecule has 0 aliphatic carbocycles. The molecule has 1 heterocycles. The molecule has 0 atom stereocenters. The lowest BCUT2D eigenvalue weighted by Crippen LogP contribution is -1.76. The first-order valence-corrected chi connectivity index (χ1v) is 5.90. The van der Waals surface area contributed by atoms with Crippen molar-refractivity contribution in [3.63, 3.8) is 0 Å². The summed E-state index contributed by atoms with van der Waals surface area (Å²) < 4.78 is 0. The van der Waals surface area contributed by atoms with Gasteiger partial charge in [-0.2, -0.15) is 0 Å². The van der Waals surface area contributed by atoms with E-state index in [1.807, 2.05) is 19.2 Å². The van der Waals surface area contributed by atoms with Crippen LogP contribution in [0.3, 0.4) is 0 Å². The van der Waals surface area contributed by atoms with Crippen LogP contribution in [-0.4, -0.2) is 4.98 Å². The van der Waals surface area contributed by atoms with E-state index in [2.05, 4.69) is 32.3 Å². The van der Waals surface area contributed by atoms with Crippen LogP contribution < -0.4 is 0 Å². The molecule has 0 amide bonds. The molecule has 0 radical (unpaired) electrons. The molecule has 0 unspecified atom stereocenters. The molecule has 48 valence electrons. The van der Waals surface area contributed by atoms with E-state index < -0.39 is 0 Å². The Bertz CT molecular complexity index is 185. The Morgan fingerprint density at radius 3 is 2.78 bits per heavy atom. The second-order valence-corrected chi connectivity index (χ2v) is 3.64. The Labute approximate surface area is 70.8 Å². The molecule has 0 saturated carbocycles. The van der Waals surface area contributed by atoms with Crippen LogP contribution in [0, 0.1) is 6.92 Å². The first kappa shape index (κ1) is 7.34. The number of aryl methyl sites for hydroxylation is 1. The second-order valence-electron chi connectivity index (χ2n) is 1.75. The molecule has 0 aliphatic rings. The van der Waals surface area contributed by atoms with Gasteiger partial charge in [-0.25, -0.2) is 4.98 Å². The average Bonchev–Trinajstić information content (AvgIpc) is 1.90. The van der Waals surface area contributed by atoms with Gasteiger partial charge in [0.15, 0.2) is 0 Å². The van der Waals surface area contributed by atoms with Gasteiger partial charge in [-0.1, -0.05) is 6.07 Å². The Hall–Kier alpha value is 0.230. The number of halogens is 1. The number of pyridine rings is 1. The molecule has 0 aromatic carbocycles. The van der Waals surface area contributed by atoms with E-state index in [4.69, 9.17) is 0 Å². The number of hydrogen-bond donors (Lipinski definition) is 0. The summed E-state index contributed by atoms with van der Waals surface area (Å²) in [6.07, 6.45) is 1.88. The van der Waals surface area contributed by atoms with E-state index in [-0.39, 0.29) is 0 Å². The van der Waals surface area contributed by atoms with Gasteiger partial charge in [-0.15, -0.1) is 0 Å².